The summed E-state index contributed by atoms with van der Waals surface area (Å²) in [4.78, 5) is 22.2. The summed E-state index contributed by atoms with van der Waals surface area (Å²) in [6, 6.07) is 0.398. The fourth-order valence-electron chi connectivity index (χ4n) is 4.27. The zero-order chi connectivity index (χ0) is 20.4. The third-order valence-electron chi connectivity index (χ3n) is 5.82. The van der Waals surface area contributed by atoms with Gasteiger partial charge in [-0.2, -0.15) is 16.9 Å². The molecular weight excluding hydrogens is 402 g/mol. The second kappa shape index (κ2) is 9.02. The molecule has 1 fully saturated rings. The number of thiazole rings is 1. The predicted molar refractivity (Wildman–Crippen MR) is 120 cm³/mol. The van der Waals surface area contributed by atoms with Crippen LogP contribution in [-0.2, 0) is 25.9 Å². The molecule has 1 saturated heterocycles. The molecule has 2 aromatic rings. The number of carbonyl (C=O) groups is 1. The van der Waals surface area contributed by atoms with Gasteiger partial charge in [0.15, 0.2) is 5.69 Å². The van der Waals surface area contributed by atoms with E-state index in [1.54, 1.807) is 11.3 Å². The molecular formula is C21H29N5OS2. The lowest BCUT2D eigenvalue weighted by Crippen LogP contribution is -2.40. The van der Waals surface area contributed by atoms with Crippen molar-refractivity contribution >= 4 is 29.0 Å². The van der Waals surface area contributed by atoms with Gasteiger partial charge < -0.3 is 4.90 Å². The van der Waals surface area contributed by atoms with Crippen LogP contribution in [0.15, 0.2) is 18.0 Å². The van der Waals surface area contributed by atoms with Gasteiger partial charge in [-0.3, -0.25) is 14.4 Å². The van der Waals surface area contributed by atoms with Crippen LogP contribution in [-0.4, -0.2) is 68.2 Å². The Morgan fingerprint density at radius 2 is 2.21 bits per heavy atom. The molecule has 0 bridgehead atoms. The van der Waals surface area contributed by atoms with Gasteiger partial charge in [-0.05, 0) is 33.2 Å². The first kappa shape index (κ1) is 20.6. The summed E-state index contributed by atoms with van der Waals surface area (Å²) in [5.41, 5.74) is 4.16. The average Bonchev–Trinajstić information content (AvgIpc) is 3.31. The summed E-state index contributed by atoms with van der Waals surface area (Å²) in [5.74, 6) is 2.13. The Morgan fingerprint density at radius 3 is 2.90 bits per heavy atom. The maximum atomic E-state index is 13.3. The predicted octanol–water partition coefficient (Wildman–Crippen LogP) is 3.01. The first-order valence-corrected chi connectivity index (χ1v) is 12.3. The average molecular weight is 432 g/mol. The van der Waals surface area contributed by atoms with Gasteiger partial charge in [-0.15, -0.1) is 17.9 Å². The lowest BCUT2D eigenvalue weighted by Gasteiger charge is -2.32. The van der Waals surface area contributed by atoms with E-state index >= 15 is 0 Å². The van der Waals surface area contributed by atoms with Gasteiger partial charge in [0.25, 0.3) is 5.91 Å². The molecule has 1 amide bonds. The van der Waals surface area contributed by atoms with Crippen LogP contribution in [0.4, 0.5) is 0 Å². The van der Waals surface area contributed by atoms with E-state index in [-0.39, 0.29) is 5.91 Å². The maximum absolute atomic E-state index is 13.3. The quantitative estimate of drug-likeness (QED) is 0.658. The van der Waals surface area contributed by atoms with Crippen LogP contribution in [0.2, 0.25) is 0 Å². The fraction of sp³-hybridized carbons (Fsp3) is 0.571. The third-order valence-corrected chi connectivity index (χ3v) is 7.59. The number of fused-ring (bicyclic) bond motifs is 1. The summed E-state index contributed by atoms with van der Waals surface area (Å²) >= 11 is 3.62. The van der Waals surface area contributed by atoms with Gasteiger partial charge in [0.1, 0.15) is 0 Å². The Morgan fingerprint density at radius 1 is 1.41 bits per heavy atom. The van der Waals surface area contributed by atoms with Gasteiger partial charge in [0.05, 0.1) is 17.2 Å². The number of aryl methyl sites for hydroxylation is 1. The van der Waals surface area contributed by atoms with E-state index in [9.17, 15) is 4.79 Å². The number of likely N-dealkylation sites (N-methyl/N-ethyl adjacent to an activating group) is 1. The number of hydrogen-bond acceptors (Lipinski definition) is 6. The number of aromatic nitrogens is 3. The highest BCUT2D eigenvalue weighted by Crippen LogP contribution is 2.29. The molecule has 6 nitrogen and oxygen atoms in total. The Balaban J connectivity index is 1.56. The van der Waals surface area contributed by atoms with E-state index in [0.717, 1.165) is 66.7 Å². The molecule has 156 valence electrons. The summed E-state index contributed by atoms with van der Waals surface area (Å²) in [6.07, 6.45) is 4.76. The third kappa shape index (κ3) is 4.44. The molecule has 4 rings (SSSR count). The van der Waals surface area contributed by atoms with Crippen molar-refractivity contribution in [1.29, 1.82) is 0 Å². The minimum absolute atomic E-state index is 0.0998. The number of hydrogen-bond donors (Lipinski definition) is 0. The van der Waals surface area contributed by atoms with Crippen LogP contribution < -0.4 is 0 Å². The SMILES string of the molecule is C=CCn1nc(C(=O)N2CCSCC2)c2c1CC[C@H](N(C)Cc1csc(C)n1)C2. The van der Waals surface area contributed by atoms with Crippen molar-refractivity contribution in [3.8, 4) is 0 Å². The number of allylic oxidation sites excluding steroid dienone is 1. The monoisotopic (exact) mass is 431 g/mol. The van der Waals surface area contributed by atoms with Crippen LogP contribution in [0, 0.1) is 6.92 Å². The standard InChI is InChI=1S/C21H29N5OS2/c1-4-7-26-19-6-5-17(24(3)13-16-14-29-15(2)22-16)12-18(19)20(23-26)21(27)25-8-10-28-11-9-25/h4,14,17H,1,5-13H2,2-3H3/t17-/m0/s1. The lowest BCUT2D eigenvalue weighted by molar-refractivity contribution is 0.0763. The van der Waals surface area contributed by atoms with Gasteiger partial charge in [-0.25, -0.2) is 4.98 Å². The molecule has 2 aromatic heterocycles. The summed E-state index contributed by atoms with van der Waals surface area (Å²) < 4.78 is 1.99. The number of thioether (sulfide) groups is 1. The largest absolute Gasteiger partial charge is 0.336 e. The van der Waals surface area contributed by atoms with E-state index in [1.165, 1.54) is 5.69 Å². The van der Waals surface area contributed by atoms with Crippen LogP contribution in [0.3, 0.4) is 0 Å². The molecule has 0 saturated carbocycles. The van der Waals surface area contributed by atoms with Crippen molar-refractivity contribution in [3.05, 3.63) is 45.7 Å². The number of carbonyl (C=O) groups excluding carboxylic acids is 1. The lowest BCUT2D eigenvalue weighted by atomic mass is 9.90. The van der Waals surface area contributed by atoms with Crippen molar-refractivity contribution in [2.75, 3.05) is 31.6 Å². The van der Waals surface area contributed by atoms with Crippen molar-refractivity contribution in [2.45, 2.75) is 45.3 Å². The zero-order valence-corrected chi connectivity index (χ0v) is 18.9. The molecule has 0 aromatic carbocycles. The van der Waals surface area contributed by atoms with E-state index in [4.69, 9.17) is 5.10 Å². The van der Waals surface area contributed by atoms with E-state index in [0.29, 0.717) is 18.3 Å². The molecule has 0 spiro atoms. The van der Waals surface area contributed by atoms with E-state index in [1.807, 2.05) is 34.3 Å². The summed E-state index contributed by atoms with van der Waals surface area (Å²) in [6.45, 7) is 9.05. The Bertz CT molecular complexity index is 884. The summed E-state index contributed by atoms with van der Waals surface area (Å²) in [7, 11) is 2.17. The van der Waals surface area contributed by atoms with Crippen LogP contribution in [0.5, 0.6) is 0 Å². The van der Waals surface area contributed by atoms with Gasteiger partial charge in [0, 0.05) is 53.8 Å². The van der Waals surface area contributed by atoms with Crippen LogP contribution in [0.25, 0.3) is 0 Å². The van der Waals surface area contributed by atoms with E-state index in [2.05, 4.69) is 28.9 Å². The second-order valence-electron chi connectivity index (χ2n) is 7.82. The molecule has 1 aliphatic carbocycles. The Labute approximate surface area is 181 Å². The summed E-state index contributed by atoms with van der Waals surface area (Å²) in [5, 5.41) is 8.01. The van der Waals surface area contributed by atoms with Gasteiger partial charge in [0.2, 0.25) is 0 Å². The van der Waals surface area contributed by atoms with Crippen molar-refractivity contribution in [1.82, 2.24) is 24.6 Å². The number of amides is 1. The highest BCUT2D eigenvalue weighted by Gasteiger charge is 2.32. The minimum atomic E-state index is 0.0998. The molecule has 0 radical (unpaired) electrons. The minimum Gasteiger partial charge on any atom is -0.336 e. The highest BCUT2D eigenvalue weighted by molar-refractivity contribution is 7.99. The topological polar surface area (TPSA) is 54.3 Å². The van der Waals surface area contributed by atoms with Crippen molar-refractivity contribution < 1.29 is 4.79 Å². The normalized spacial score (nSPS) is 19.4. The molecule has 8 heteroatoms. The maximum Gasteiger partial charge on any atom is 0.274 e. The molecule has 1 atom stereocenters. The molecule has 2 aliphatic rings. The Hall–Kier alpha value is -1.64. The van der Waals surface area contributed by atoms with Gasteiger partial charge in [-0.1, -0.05) is 6.08 Å². The molecule has 1 aliphatic heterocycles. The number of rotatable bonds is 6. The van der Waals surface area contributed by atoms with Crippen LogP contribution >= 0.6 is 23.1 Å². The molecule has 3 heterocycles. The van der Waals surface area contributed by atoms with Crippen molar-refractivity contribution in [2.24, 2.45) is 0 Å². The molecule has 0 unspecified atom stereocenters. The first-order valence-electron chi connectivity index (χ1n) is 10.2. The zero-order valence-electron chi connectivity index (χ0n) is 17.3. The Kier molecular flexibility index (Phi) is 6.41. The fourth-order valence-corrected chi connectivity index (χ4v) is 5.78. The molecule has 0 N–H and O–H groups in total. The highest BCUT2D eigenvalue weighted by atomic mass is 32.2. The number of nitrogens with zero attached hydrogens (tertiary/aromatic N) is 5. The van der Waals surface area contributed by atoms with E-state index < -0.39 is 0 Å². The van der Waals surface area contributed by atoms with Crippen molar-refractivity contribution in [3.63, 3.8) is 0 Å². The molecule has 29 heavy (non-hydrogen) atoms. The van der Waals surface area contributed by atoms with Crippen LogP contribution in [0.1, 0.15) is 38.9 Å². The van der Waals surface area contributed by atoms with Gasteiger partial charge >= 0.3 is 0 Å². The first-order chi connectivity index (χ1) is 14.1. The second-order valence-corrected chi connectivity index (χ2v) is 10.1. The smallest absolute Gasteiger partial charge is 0.274 e.